The molecule has 4 nitrogen and oxygen atoms in total. The molecule has 0 amide bonds. The maximum atomic E-state index is 13.6. The number of ether oxygens (including phenoxy) is 2. The predicted octanol–water partition coefficient (Wildman–Crippen LogP) is 6.04. The van der Waals surface area contributed by atoms with Crippen LogP contribution in [0.15, 0.2) is 17.0 Å². The fraction of sp³-hybridized carbons (Fsp3) is 0.696. The molecule has 0 aliphatic carbocycles. The van der Waals surface area contributed by atoms with E-state index in [4.69, 9.17) is 15.9 Å². The lowest BCUT2D eigenvalue weighted by atomic mass is 9.81. The molecule has 0 saturated carbocycles. The van der Waals surface area contributed by atoms with Crippen molar-refractivity contribution in [2.24, 2.45) is 5.41 Å². The number of terminal acetylenes is 1. The highest BCUT2D eigenvalue weighted by molar-refractivity contribution is 6.89. The van der Waals surface area contributed by atoms with Crippen LogP contribution in [0.2, 0.25) is 16.6 Å². The standard InChI is InChI=1S/C23H36F2O4Si/c1-10-13-23(21(26)28-11-2,22(27)29-12-3)15-19(14-20(24)25)30(16(4)5,17(6)7)18(8)9/h1,16-18H,11-13,15H2,2-9H3. The summed E-state index contributed by atoms with van der Waals surface area (Å²) in [5.74, 6) is 0.667. The monoisotopic (exact) mass is 442 g/mol. The summed E-state index contributed by atoms with van der Waals surface area (Å²) in [5.41, 5.74) is 0.557. The van der Waals surface area contributed by atoms with Crippen molar-refractivity contribution in [3.05, 3.63) is 17.0 Å². The topological polar surface area (TPSA) is 52.6 Å². The van der Waals surface area contributed by atoms with Gasteiger partial charge in [0.25, 0.3) is 0 Å². The molecule has 0 unspecified atom stereocenters. The number of allylic oxidation sites excluding steroid dienone is 1. The lowest BCUT2D eigenvalue weighted by molar-refractivity contribution is -0.171. The molecule has 0 aromatic carbocycles. The van der Waals surface area contributed by atoms with E-state index in [2.05, 4.69) is 11.7 Å². The summed E-state index contributed by atoms with van der Waals surface area (Å²) in [6.45, 7) is 15.3. The average molecular weight is 443 g/mol. The molecule has 0 aliphatic rings. The van der Waals surface area contributed by atoms with Gasteiger partial charge in [-0.1, -0.05) is 47.3 Å². The second-order valence-electron chi connectivity index (χ2n) is 8.34. The minimum absolute atomic E-state index is 0.0258. The molecule has 0 fully saturated rings. The number of carbonyl (C=O) groups is 2. The molecule has 30 heavy (non-hydrogen) atoms. The fourth-order valence-electron chi connectivity index (χ4n) is 4.91. The lowest BCUT2D eigenvalue weighted by Gasteiger charge is -2.45. The van der Waals surface area contributed by atoms with Crippen LogP contribution in [0.4, 0.5) is 8.78 Å². The van der Waals surface area contributed by atoms with E-state index in [-0.39, 0.29) is 42.7 Å². The Labute approximate surface area is 181 Å². The van der Waals surface area contributed by atoms with Crippen LogP contribution in [0.1, 0.15) is 68.2 Å². The van der Waals surface area contributed by atoms with Crippen molar-refractivity contribution in [3.8, 4) is 12.3 Å². The predicted molar refractivity (Wildman–Crippen MR) is 118 cm³/mol. The van der Waals surface area contributed by atoms with Crippen LogP contribution in [0.5, 0.6) is 0 Å². The number of hydrogen-bond donors (Lipinski definition) is 0. The number of rotatable bonds is 11. The van der Waals surface area contributed by atoms with Crippen LogP contribution in [0.25, 0.3) is 0 Å². The van der Waals surface area contributed by atoms with Crippen molar-refractivity contribution in [1.82, 2.24) is 0 Å². The Bertz CT molecular complexity index is 669. The number of esters is 2. The van der Waals surface area contributed by atoms with Crippen LogP contribution in [0.3, 0.4) is 0 Å². The van der Waals surface area contributed by atoms with Gasteiger partial charge in [-0.25, -0.2) is 0 Å². The Kier molecular flexibility index (Phi) is 11.3. The second-order valence-corrected chi connectivity index (χ2v) is 14.3. The molecule has 0 aliphatic heterocycles. The van der Waals surface area contributed by atoms with Gasteiger partial charge in [0.1, 0.15) is 0 Å². The summed E-state index contributed by atoms with van der Waals surface area (Å²) in [5, 5.41) is 0.318. The van der Waals surface area contributed by atoms with Crippen LogP contribution < -0.4 is 0 Å². The molecule has 0 N–H and O–H groups in total. The fourth-order valence-corrected chi connectivity index (χ4v) is 11.9. The molecule has 0 saturated heterocycles. The van der Waals surface area contributed by atoms with E-state index >= 15 is 0 Å². The summed E-state index contributed by atoms with van der Waals surface area (Å²) in [6.07, 6.45) is 2.94. The maximum absolute atomic E-state index is 13.6. The first-order valence-corrected chi connectivity index (χ1v) is 12.7. The molecule has 0 radical (unpaired) electrons. The van der Waals surface area contributed by atoms with E-state index in [1.165, 1.54) is 0 Å². The van der Waals surface area contributed by atoms with E-state index < -0.39 is 31.5 Å². The van der Waals surface area contributed by atoms with Gasteiger partial charge in [0, 0.05) is 12.8 Å². The molecule has 0 bridgehead atoms. The van der Waals surface area contributed by atoms with Gasteiger partial charge in [-0.05, 0) is 35.7 Å². The minimum atomic E-state index is -2.68. The summed E-state index contributed by atoms with van der Waals surface area (Å²) in [6, 6.07) is 0. The second kappa shape index (κ2) is 12.1. The Morgan fingerprint density at radius 3 is 1.60 bits per heavy atom. The smallest absolute Gasteiger partial charge is 0.324 e. The average Bonchev–Trinajstić information content (AvgIpc) is 2.60. The third-order valence-electron chi connectivity index (χ3n) is 5.85. The Hall–Kier alpha value is -1.90. The summed E-state index contributed by atoms with van der Waals surface area (Å²) in [4.78, 5) is 26.0. The van der Waals surface area contributed by atoms with E-state index in [1.807, 2.05) is 41.5 Å². The van der Waals surface area contributed by atoms with Gasteiger partial charge in [0.15, 0.2) is 5.41 Å². The molecule has 0 aromatic heterocycles. The highest BCUT2D eigenvalue weighted by Crippen LogP contribution is 2.50. The van der Waals surface area contributed by atoms with Crippen LogP contribution in [0, 0.1) is 17.8 Å². The zero-order valence-electron chi connectivity index (χ0n) is 19.5. The number of halogens is 2. The van der Waals surface area contributed by atoms with E-state index in [9.17, 15) is 18.4 Å². The number of carbonyl (C=O) groups excluding carboxylic acids is 2. The quantitative estimate of drug-likeness (QED) is 0.129. The zero-order chi connectivity index (χ0) is 23.7. The molecule has 0 spiro atoms. The SMILES string of the molecule is C#CCC(CC(=C=C(F)F)[Si](C(C)C)(C(C)C)C(C)C)(C(=O)OCC)C(=O)OCC. The highest BCUT2D eigenvalue weighted by atomic mass is 28.3. The van der Waals surface area contributed by atoms with Crippen molar-refractivity contribution in [2.75, 3.05) is 13.2 Å². The van der Waals surface area contributed by atoms with Gasteiger partial charge in [-0.15, -0.1) is 12.3 Å². The first-order chi connectivity index (χ1) is 13.9. The molecule has 0 heterocycles. The van der Waals surface area contributed by atoms with Crippen LogP contribution >= 0.6 is 0 Å². The van der Waals surface area contributed by atoms with Gasteiger partial charge in [-0.3, -0.25) is 9.59 Å². The molecule has 0 rings (SSSR count). The Morgan fingerprint density at radius 1 is 0.933 bits per heavy atom. The normalized spacial score (nSPS) is 11.9. The van der Waals surface area contributed by atoms with Gasteiger partial charge in [0.05, 0.1) is 21.3 Å². The van der Waals surface area contributed by atoms with E-state index in [0.717, 1.165) is 0 Å². The van der Waals surface area contributed by atoms with Gasteiger partial charge in [0.2, 0.25) is 0 Å². The summed E-state index contributed by atoms with van der Waals surface area (Å²) in [7, 11) is -2.68. The van der Waals surface area contributed by atoms with Crippen molar-refractivity contribution >= 4 is 20.0 Å². The molecule has 0 atom stereocenters. The maximum Gasteiger partial charge on any atom is 0.324 e. The van der Waals surface area contributed by atoms with Crippen molar-refractivity contribution < 1.29 is 27.8 Å². The van der Waals surface area contributed by atoms with Gasteiger partial charge >= 0.3 is 18.0 Å². The zero-order valence-corrected chi connectivity index (χ0v) is 20.5. The third-order valence-corrected chi connectivity index (χ3v) is 12.9. The summed E-state index contributed by atoms with van der Waals surface area (Å²) >= 11 is 0. The van der Waals surface area contributed by atoms with Gasteiger partial charge in [-0.2, -0.15) is 8.78 Å². The van der Waals surface area contributed by atoms with Crippen molar-refractivity contribution in [3.63, 3.8) is 0 Å². The van der Waals surface area contributed by atoms with Crippen LogP contribution in [-0.4, -0.2) is 33.2 Å². The first kappa shape index (κ1) is 28.1. The van der Waals surface area contributed by atoms with Crippen LogP contribution in [-0.2, 0) is 19.1 Å². The highest BCUT2D eigenvalue weighted by Gasteiger charge is 2.54. The van der Waals surface area contributed by atoms with Crippen molar-refractivity contribution in [1.29, 1.82) is 0 Å². The molecule has 0 aromatic rings. The summed E-state index contributed by atoms with van der Waals surface area (Å²) < 4.78 is 37.5. The number of hydrogen-bond acceptors (Lipinski definition) is 4. The largest absolute Gasteiger partial charge is 0.465 e. The van der Waals surface area contributed by atoms with Crippen molar-refractivity contribution in [2.45, 2.75) is 84.9 Å². The Morgan fingerprint density at radius 2 is 1.33 bits per heavy atom. The van der Waals surface area contributed by atoms with E-state index in [0.29, 0.717) is 5.20 Å². The minimum Gasteiger partial charge on any atom is -0.465 e. The van der Waals surface area contributed by atoms with Gasteiger partial charge < -0.3 is 9.47 Å². The molecular formula is C23H36F2O4Si. The first-order valence-electron chi connectivity index (χ1n) is 10.5. The third kappa shape index (κ3) is 5.83. The lowest BCUT2D eigenvalue weighted by Crippen LogP contribution is -2.51. The molecule has 170 valence electrons. The van der Waals surface area contributed by atoms with E-state index in [1.54, 1.807) is 13.8 Å². The molecule has 7 heteroatoms. The Balaban J connectivity index is 7.12. The molecular weight excluding hydrogens is 406 g/mol.